The first-order valence-corrected chi connectivity index (χ1v) is 12.5. The summed E-state index contributed by atoms with van der Waals surface area (Å²) in [7, 11) is 0. The standard InChI is InChI=1S/C25H32ClN5O/c26-23-2-1-16(11-27-23)13-31-4-3-20-21(14-31)29-15-30-24(20)28-12-22(32)25-8-17-5-18(9-25)7-19(6-17)10-25/h1-2,11,15,17-19,22,32H,3-10,12-14H2,(H,28,29,30). The highest BCUT2D eigenvalue weighted by Gasteiger charge is 2.53. The van der Waals surface area contributed by atoms with Crippen molar-refractivity contribution in [3.05, 3.63) is 46.6 Å². The molecule has 0 radical (unpaired) electrons. The minimum absolute atomic E-state index is 0.137. The first-order chi connectivity index (χ1) is 15.6. The molecule has 2 aromatic heterocycles. The Morgan fingerprint density at radius 3 is 2.53 bits per heavy atom. The van der Waals surface area contributed by atoms with Crippen molar-refractivity contribution in [2.75, 3.05) is 18.4 Å². The fraction of sp³-hybridized carbons (Fsp3) is 0.640. The number of aliphatic hydroxyl groups excluding tert-OH is 1. The van der Waals surface area contributed by atoms with Crippen LogP contribution in [0.3, 0.4) is 0 Å². The summed E-state index contributed by atoms with van der Waals surface area (Å²) in [5, 5.41) is 15.3. The largest absolute Gasteiger partial charge is 0.391 e. The van der Waals surface area contributed by atoms with Gasteiger partial charge in [-0.15, -0.1) is 0 Å². The Labute approximate surface area is 194 Å². The number of aliphatic hydroxyl groups is 1. The van der Waals surface area contributed by atoms with Gasteiger partial charge in [-0.2, -0.15) is 0 Å². The zero-order valence-corrected chi connectivity index (χ0v) is 19.3. The smallest absolute Gasteiger partial charge is 0.133 e. The van der Waals surface area contributed by atoms with Crippen LogP contribution in [0.4, 0.5) is 5.82 Å². The normalized spacial score (nSPS) is 32.0. The van der Waals surface area contributed by atoms with Crippen molar-refractivity contribution < 1.29 is 5.11 Å². The molecule has 0 spiro atoms. The van der Waals surface area contributed by atoms with Crippen molar-refractivity contribution in [3.63, 3.8) is 0 Å². The summed E-state index contributed by atoms with van der Waals surface area (Å²) >= 11 is 5.91. The van der Waals surface area contributed by atoms with Crippen LogP contribution >= 0.6 is 11.6 Å². The van der Waals surface area contributed by atoms with E-state index in [0.29, 0.717) is 11.7 Å². The lowest BCUT2D eigenvalue weighted by Crippen LogP contribution is -2.53. The second-order valence-corrected chi connectivity index (χ2v) is 11.2. The number of aromatic nitrogens is 3. The molecule has 1 aliphatic heterocycles. The molecule has 7 rings (SSSR count). The molecule has 2 N–H and O–H groups in total. The maximum atomic E-state index is 11.3. The number of hydrogen-bond donors (Lipinski definition) is 2. The van der Waals surface area contributed by atoms with E-state index in [1.54, 1.807) is 6.33 Å². The van der Waals surface area contributed by atoms with Gasteiger partial charge in [0.05, 0.1) is 11.8 Å². The first-order valence-electron chi connectivity index (χ1n) is 12.1. The molecule has 3 heterocycles. The lowest BCUT2D eigenvalue weighted by Gasteiger charge is -2.58. The van der Waals surface area contributed by atoms with Crippen molar-refractivity contribution in [1.82, 2.24) is 19.9 Å². The highest BCUT2D eigenvalue weighted by Crippen LogP contribution is 2.61. The Hall–Kier alpha value is -1.76. The average Bonchev–Trinajstić information content (AvgIpc) is 2.78. The van der Waals surface area contributed by atoms with Crippen LogP contribution < -0.4 is 5.32 Å². The third kappa shape index (κ3) is 3.91. The number of hydrogen-bond acceptors (Lipinski definition) is 6. The fourth-order valence-corrected chi connectivity index (χ4v) is 7.56. The molecule has 4 saturated carbocycles. The Morgan fingerprint density at radius 2 is 1.84 bits per heavy atom. The summed E-state index contributed by atoms with van der Waals surface area (Å²) in [6, 6.07) is 3.87. The van der Waals surface area contributed by atoms with Gasteiger partial charge < -0.3 is 10.4 Å². The third-order valence-corrected chi connectivity index (χ3v) is 8.76. The molecule has 4 bridgehead atoms. The van der Waals surface area contributed by atoms with E-state index in [1.165, 1.54) is 44.1 Å². The maximum absolute atomic E-state index is 11.3. The van der Waals surface area contributed by atoms with Crippen LogP contribution in [0.1, 0.15) is 55.3 Å². The zero-order valence-electron chi connectivity index (χ0n) is 18.5. The van der Waals surface area contributed by atoms with Crippen molar-refractivity contribution in [3.8, 4) is 0 Å². The molecule has 4 fully saturated rings. The van der Waals surface area contributed by atoms with Crippen LogP contribution in [-0.4, -0.2) is 44.2 Å². The first kappa shape index (κ1) is 20.8. The predicted octanol–water partition coefficient (Wildman–Crippen LogP) is 4.07. The molecule has 1 unspecified atom stereocenters. The topological polar surface area (TPSA) is 74.2 Å². The van der Waals surface area contributed by atoms with E-state index in [2.05, 4.69) is 25.2 Å². The summed E-state index contributed by atoms with van der Waals surface area (Å²) < 4.78 is 0. The van der Waals surface area contributed by atoms with Gasteiger partial charge in [-0.1, -0.05) is 17.7 Å². The van der Waals surface area contributed by atoms with Crippen LogP contribution in [-0.2, 0) is 19.5 Å². The molecule has 170 valence electrons. The number of anilines is 1. The Bertz CT molecular complexity index is 946. The number of rotatable bonds is 6. The van der Waals surface area contributed by atoms with Crippen LogP contribution in [0, 0.1) is 23.2 Å². The molecule has 0 amide bonds. The Kier molecular flexibility index (Phi) is 5.35. The molecule has 4 aliphatic carbocycles. The molecule has 0 saturated heterocycles. The summed E-state index contributed by atoms with van der Waals surface area (Å²) in [4.78, 5) is 15.7. The lowest BCUT2D eigenvalue weighted by atomic mass is 9.48. The quantitative estimate of drug-likeness (QED) is 0.642. The Balaban J connectivity index is 1.11. The predicted molar refractivity (Wildman–Crippen MR) is 124 cm³/mol. The number of nitrogens with one attached hydrogen (secondary N) is 1. The molecule has 7 heteroatoms. The number of nitrogens with zero attached hydrogens (tertiary/aromatic N) is 4. The van der Waals surface area contributed by atoms with Crippen molar-refractivity contribution >= 4 is 17.4 Å². The molecule has 1 atom stereocenters. The van der Waals surface area contributed by atoms with Crippen molar-refractivity contribution in [2.45, 2.75) is 64.1 Å². The van der Waals surface area contributed by atoms with Crippen molar-refractivity contribution in [2.24, 2.45) is 23.2 Å². The van der Waals surface area contributed by atoms with E-state index in [-0.39, 0.29) is 11.5 Å². The van der Waals surface area contributed by atoms with E-state index in [0.717, 1.165) is 60.9 Å². The Morgan fingerprint density at radius 1 is 1.09 bits per heavy atom. The molecule has 0 aromatic carbocycles. The van der Waals surface area contributed by atoms with E-state index < -0.39 is 0 Å². The van der Waals surface area contributed by atoms with Gasteiger partial charge in [0, 0.05) is 37.9 Å². The summed E-state index contributed by atoms with van der Waals surface area (Å²) in [5.74, 6) is 3.46. The molecule has 2 aromatic rings. The molecular formula is C25H32ClN5O. The summed E-state index contributed by atoms with van der Waals surface area (Å²) in [6.07, 6.45) is 12.0. The number of fused-ring (bicyclic) bond motifs is 1. The van der Waals surface area contributed by atoms with Gasteiger partial charge in [-0.25, -0.2) is 15.0 Å². The SMILES string of the molecule is OC(CNc1ncnc2c1CCN(Cc1ccc(Cl)nc1)C2)C12CC3CC(CC(C3)C1)C2. The van der Waals surface area contributed by atoms with Gasteiger partial charge in [0.15, 0.2) is 0 Å². The van der Waals surface area contributed by atoms with Gasteiger partial charge >= 0.3 is 0 Å². The van der Waals surface area contributed by atoms with Crippen LogP contribution in [0.25, 0.3) is 0 Å². The summed E-state index contributed by atoms with van der Waals surface area (Å²) in [5.41, 5.74) is 3.58. The van der Waals surface area contributed by atoms with Gasteiger partial charge in [-0.05, 0) is 79.7 Å². The number of pyridine rings is 1. The van der Waals surface area contributed by atoms with Crippen LogP contribution in [0.5, 0.6) is 0 Å². The molecule has 6 nitrogen and oxygen atoms in total. The highest BCUT2D eigenvalue weighted by atomic mass is 35.5. The molecular weight excluding hydrogens is 422 g/mol. The number of halogens is 1. The van der Waals surface area contributed by atoms with Crippen molar-refractivity contribution in [1.29, 1.82) is 0 Å². The lowest BCUT2D eigenvalue weighted by molar-refractivity contribution is -0.115. The van der Waals surface area contributed by atoms with Crippen LogP contribution in [0.2, 0.25) is 5.15 Å². The minimum atomic E-state index is -0.293. The third-order valence-electron chi connectivity index (χ3n) is 8.54. The van der Waals surface area contributed by atoms with Gasteiger partial charge in [-0.3, -0.25) is 4.90 Å². The van der Waals surface area contributed by atoms with E-state index in [1.807, 2.05) is 18.3 Å². The average molecular weight is 454 g/mol. The minimum Gasteiger partial charge on any atom is -0.391 e. The highest BCUT2D eigenvalue weighted by molar-refractivity contribution is 6.29. The molecule has 32 heavy (non-hydrogen) atoms. The van der Waals surface area contributed by atoms with E-state index >= 15 is 0 Å². The van der Waals surface area contributed by atoms with Crippen LogP contribution in [0.15, 0.2) is 24.7 Å². The zero-order chi connectivity index (χ0) is 21.7. The van der Waals surface area contributed by atoms with Gasteiger partial charge in [0.25, 0.3) is 0 Å². The van der Waals surface area contributed by atoms with Gasteiger partial charge in [0.2, 0.25) is 0 Å². The van der Waals surface area contributed by atoms with E-state index in [9.17, 15) is 5.11 Å². The monoisotopic (exact) mass is 453 g/mol. The second-order valence-electron chi connectivity index (χ2n) is 10.8. The van der Waals surface area contributed by atoms with Gasteiger partial charge in [0.1, 0.15) is 17.3 Å². The van der Waals surface area contributed by atoms with E-state index in [4.69, 9.17) is 11.6 Å². The summed E-state index contributed by atoms with van der Waals surface area (Å²) in [6.45, 7) is 3.18. The molecule has 5 aliphatic rings. The maximum Gasteiger partial charge on any atom is 0.133 e. The second kappa shape index (κ2) is 8.23. The fourth-order valence-electron chi connectivity index (χ4n) is 7.45.